The maximum Gasteiger partial charge on any atom is 0.141 e. The molecule has 0 radical (unpaired) electrons. The van der Waals surface area contributed by atoms with Gasteiger partial charge in [-0.15, -0.1) is 0 Å². The molecule has 5 rings (SSSR count). The third kappa shape index (κ3) is 2.93. The average molecular weight is 394 g/mol. The first kappa shape index (κ1) is 18.7. The van der Waals surface area contributed by atoms with Crippen molar-refractivity contribution in [2.75, 3.05) is 0 Å². The molecule has 0 spiro atoms. The quantitative estimate of drug-likeness (QED) is 0.323. The van der Waals surface area contributed by atoms with Crippen LogP contribution in [0.15, 0.2) is 66.7 Å². The molecule has 3 heteroatoms. The largest absolute Gasteiger partial charge is 0.345 e. The van der Waals surface area contributed by atoms with Crippen LogP contribution in [0.3, 0.4) is 0 Å². The molecule has 2 aromatic heterocycles. The molecule has 0 saturated heterocycles. The molecule has 3 aromatic carbocycles. The van der Waals surface area contributed by atoms with Gasteiger partial charge in [0.1, 0.15) is 5.82 Å². The summed E-state index contributed by atoms with van der Waals surface area (Å²) in [6, 6.07) is 24.3. The highest BCUT2D eigenvalue weighted by atomic mass is 15.1. The maximum absolute atomic E-state index is 4.97. The molecule has 0 amide bonds. The lowest BCUT2D eigenvalue weighted by Crippen LogP contribution is -1.98. The molecule has 0 unspecified atom stereocenters. The number of hydrogen-bond acceptors (Lipinski definition) is 1. The third-order valence-electron chi connectivity index (χ3n) is 6.10. The Bertz CT molecular complexity index is 1380. The number of fused-ring (bicyclic) bond motifs is 2. The Labute approximate surface area is 177 Å². The van der Waals surface area contributed by atoms with E-state index in [1.807, 2.05) is 0 Å². The van der Waals surface area contributed by atoms with Crippen LogP contribution in [-0.4, -0.2) is 14.1 Å². The highest BCUT2D eigenvalue weighted by Crippen LogP contribution is 2.31. The van der Waals surface area contributed by atoms with Gasteiger partial charge in [-0.2, -0.15) is 0 Å². The fourth-order valence-electron chi connectivity index (χ4n) is 4.62. The van der Waals surface area contributed by atoms with E-state index in [0.29, 0.717) is 0 Å². The minimum atomic E-state index is 0.889. The van der Waals surface area contributed by atoms with Crippen molar-refractivity contribution in [1.29, 1.82) is 0 Å². The lowest BCUT2D eigenvalue weighted by Gasteiger charge is -2.09. The molecule has 5 aromatic rings. The van der Waals surface area contributed by atoms with Gasteiger partial charge in [-0.3, -0.25) is 0 Å². The van der Waals surface area contributed by atoms with E-state index >= 15 is 0 Å². The Morgan fingerprint density at radius 3 is 2.17 bits per heavy atom. The summed E-state index contributed by atoms with van der Waals surface area (Å²) in [4.78, 5) is 4.97. The van der Waals surface area contributed by atoms with Crippen molar-refractivity contribution >= 4 is 21.9 Å². The molecule has 30 heavy (non-hydrogen) atoms. The number of aryl methyl sites for hydroxylation is 4. The zero-order chi connectivity index (χ0) is 20.8. The summed E-state index contributed by atoms with van der Waals surface area (Å²) in [5.41, 5.74) is 9.76. The van der Waals surface area contributed by atoms with Gasteiger partial charge >= 0.3 is 0 Å². The standard InChI is InChI=1S/C27H27N3/c1-5-29-19(4)15-22-11-10-20(16-25(22)29)21-12-13-24-26(17-21)30(6-2)27(28-24)23-9-7-8-18(3)14-23/h7-17H,5-6H2,1-4H3. The summed E-state index contributed by atoms with van der Waals surface area (Å²) in [6.07, 6.45) is 0. The Kier molecular flexibility index (Phi) is 4.47. The predicted octanol–water partition coefficient (Wildman–Crippen LogP) is 6.98. The van der Waals surface area contributed by atoms with Crippen LogP contribution >= 0.6 is 0 Å². The summed E-state index contributed by atoms with van der Waals surface area (Å²) in [5, 5.41) is 1.31. The van der Waals surface area contributed by atoms with Crippen molar-refractivity contribution in [2.45, 2.75) is 40.8 Å². The minimum Gasteiger partial charge on any atom is -0.345 e. The summed E-state index contributed by atoms with van der Waals surface area (Å²) < 4.78 is 4.70. The lowest BCUT2D eigenvalue weighted by atomic mass is 10.0. The lowest BCUT2D eigenvalue weighted by molar-refractivity contribution is 0.770. The van der Waals surface area contributed by atoms with Crippen LogP contribution in [0.2, 0.25) is 0 Å². The van der Waals surface area contributed by atoms with Gasteiger partial charge in [0.25, 0.3) is 0 Å². The second-order valence-electron chi connectivity index (χ2n) is 8.06. The minimum absolute atomic E-state index is 0.889. The van der Waals surface area contributed by atoms with Crippen LogP contribution in [0.5, 0.6) is 0 Å². The zero-order valence-electron chi connectivity index (χ0n) is 18.1. The number of rotatable bonds is 4. The van der Waals surface area contributed by atoms with E-state index in [1.54, 1.807) is 0 Å². The predicted molar refractivity (Wildman–Crippen MR) is 127 cm³/mol. The second kappa shape index (κ2) is 7.17. The van der Waals surface area contributed by atoms with Gasteiger partial charge in [0.15, 0.2) is 0 Å². The summed E-state index contributed by atoms with van der Waals surface area (Å²) >= 11 is 0. The summed E-state index contributed by atoms with van der Waals surface area (Å²) in [6.45, 7) is 10.6. The summed E-state index contributed by atoms with van der Waals surface area (Å²) in [7, 11) is 0. The van der Waals surface area contributed by atoms with E-state index in [0.717, 1.165) is 24.4 Å². The van der Waals surface area contributed by atoms with Crippen molar-refractivity contribution < 1.29 is 0 Å². The van der Waals surface area contributed by atoms with Gasteiger partial charge in [0.05, 0.1) is 11.0 Å². The molecule has 0 fully saturated rings. The van der Waals surface area contributed by atoms with Crippen LogP contribution in [0.1, 0.15) is 25.1 Å². The van der Waals surface area contributed by atoms with Crippen molar-refractivity contribution in [3.63, 3.8) is 0 Å². The van der Waals surface area contributed by atoms with Gasteiger partial charge in [0.2, 0.25) is 0 Å². The monoisotopic (exact) mass is 393 g/mol. The first-order valence-electron chi connectivity index (χ1n) is 10.8. The summed E-state index contributed by atoms with van der Waals surface area (Å²) in [5.74, 6) is 1.04. The SMILES string of the molecule is CCn1c(C)cc2ccc(-c3ccc4nc(-c5cccc(C)c5)n(CC)c4c3)cc21. The number of hydrogen-bond donors (Lipinski definition) is 0. The Balaban J connectivity index is 1.67. The molecule has 0 aliphatic carbocycles. The van der Waals surface area contributed by atoms with Crippen LogP contribution in [-0.2, 0) is 13.1 Å². The molecule has 0 bridgehead atoms. The van der Waals surface area contributed by atoms with Crippen LogP contribution in [0.25, 0.3) is 44.5 Å². The first-order valence-corrected chi connectivity index (χ1v) is 10.8. The van der Waals surface area contributed by atoms with Crippen LogP contribution in [0, 0.1) is 13.8 Å². The third-order valence-corrected chi connectivity index (χ3v) is 6.10. The van der Waals surface area contributed by atoms with Gasteiger partial charge in [-0.25, -0.2) is 4.98 Å². The molecule has 0 N–H and O–H groups in total. The molecule has 0 aliphatic rings. The smallest absolute Gasteiger partial charge is 0.141 e. The van der Waals surface area contributed by atoms with Crippen molar-refractivity contribution in [1.82, 2.24) is 14.1 Å². The Hall–Kier alpha value is -3.33. The molecule has 3 nitrogen and oxygen atoms in total. The van der Waals surface area contributed by atoms with E-state index in [4.69, 9.17) is 4.98 Å². The highest BCUT2D eigenvalue weighted by Gasteiger charge is 2.13. The molecule has 0 saturated carbocycles. The van der Waals surface area contributed by atoms with Crippen LogP contribution < -0.4 is 0 Å². The van der Waals surface area contributed by atoms with Gasteiger partial charge in [-0.05, 0) is 74.5 Å². The zero-order valence-corrected chi connectivity index (χ0v) is 18.1. The van der Waals surface area contributed by atoms with E-state index in [2.05, 4.69) is 104 Å². The molecular formula is C27H27N3. The molecule has 2 heterocycles. The van der Waals surface area contributed by atoms with Crippen LogP contribution in [0.4, 0.5) is 0 Å². The molecule has 150 valence electrons. The fourth-order valence-corrected chi connectivity index (χ4v) is 4.62. The molecule has 0 atom stereocenters. The Morgan fingerprint density at radius 1 is 0.700 bits per heavy atom. The number of imidazole rings is 1. The van der Waals surface area contributed by atoms with Gasteiger partial charge in [-0.1, -0.05) is 42.0 Å². The first-order chi connectivity index (χ1) is 14.6. The van der Waals surface area contributed by atoms with E-state index in [-0.39, 0.29) is 0 Å². The fraction of sp³-hybridized carbons (Fsp3) is 0.222. The topological polar surface area (TPSA) is 22.8 Å². The van der Waals surface area contributed by atoms with Gasteiger partial charge in [0, 0.05) is 29.9 Å². The normalized spacial score (nSPS) is 11.6. The average Bonchev–Trinajstić information content (AvgIpc) is 3.28. The van der Waals surface area contributed by atoms with E-state index < -0.39 is 0 Å². The van der Waals surface area contributed by atoms with E-state index in [1.165, 1.54) is 44.4 Å². The van der Waals surface area contributed by atoms with Gasteiger partial charge < -0.3 is 9.13 Å². The number of benzene rings is 3. The second-order valence-corrected chi connectivity index (χ2v) is 8.06. The maximum atomic E-state index is 4.97. The Morgan fingerprint density at radius 2 is 1.43 bits per heavy atom. The van der Waals surface area contributed by atoms with Crippen molar-refractivity contribution in [3.05, 3.63) is 78.0 Å². The number of nitrogens with zero attached hydrogens (tertiary/aromatic N) is 3. The van der Waals surface area contributed by atoms with E-state index in [9.17, 15) is 0 Å². The molecular weight excluding hydrogens is 366 g/mol. The molecule has 0 aliphatic heterocycles. The van der Waals surface area contributed by atoms with Crippen molar-refractivity contribution in [2.24, 2.45) is 0 Å². The number of aromatic nitrogens is 3. The van der Waals surface area contributed by atoms with Crippen molar-refractivity contribution in [3.8, 4) is 22.5 Å². The highest BCUT2D eigenvalue weighted by molar-refractivity contribution is 5.90.